The number of fused-ring (bicyclic) bond motifs is 5. The first kappa shape index (κ1) is 20.4. The summed E-state index contributed by atoms with van der Waals surface area (Å²) in [4.78, 5) is 23.8. The van der Waals surface area contributed by atoms with E-state index in [1.165, 1.54) is 44.9 Å². The van der Waals surface area contributed by atoms with Gasteiger partial charge in [-0.25, -0.2) is 0 Å². The van der Waals surface area contributed by atoms with Crippen LogP contribution < -0.4 is 0 Å². The van der Waals surface area contributed by atoms with Gasteiger partial charge < -0.3 is 4.74 Å². The van der Waals surface area contributed by atoms with Gasteiger partial charge in [0.05, 0.1) is 6.61 Å². The minimum absolute atomic E-state index is 0.0241. The van der Waals surface area contributed by atoms with E-state index < -0.39 is 0 Å². The Morgan fingerprint density at radius 2 is 1.82 bits per heavy atom. The van der Waals surface area contributed by atoms with Gasteiger partial charge in [0.1, 0.15) is 5.78 Å². The average Bonchev–Trinajstić information content (AvgIpc) is 2.99. The van der Waals surface area contributed by atoms with Crippen molar-refractivity contribution in [1.29, 1.82) is 0 Å². The molecule has 3 nitrogen and oxygen atoms in total. The highest BCUT2D eigenvalue weighted by Crippen LogP contribution is 2.67. The smallest absolute Gasteiger partial charge is 0.305 e. The average molecular weight is 389 g/mol. The van der Waals surface area contributed by atoms with Gasteiger partial charge in [-0.05, 0) is 105 Å². The van der Waals surface area contributed by atoms with Crippen LogP contribution in [0, 0.1) is 40.4 Å². The van der Waals surface area contributed by atoms with Crippen molar-refractivity contribution < 1.29 is 14.3 Å². The maximum atomic E-state index is 12.1. The molecule has 4 saturated carbocycles. The van der Waals surface area contributed by atoms with Crippen LogP contribution in [0.3, 0.4) is 0 Å². The zero-order valence-electron chi connectivity index (χ0n) is 18.3. The molecule has 5 unspecified atom stereocenters. The Kier molecular flexibility index (Phi) is 5.66. The predicted octanol–water partition coefficient (Wildman–Crippen LogP) is 5.95. The molecule has 0 saturated heterocycles. The Morgan fingerprint density at radius 1 is 1.04 bits per heavy atom. The number of Topliss-reactive ketones (excluding diaryl/α,β-unsaturated/α-hetero) is 1. The van der Waals surface area contributed by atoms with E-state index in [9.17, 15) is 9.59 Å². The molecule has 0 heterocycles. The van der Waals surface area contributed by atoms with Crippen LogP contribution in [-0.2, 0) is 14.3 Å². The van der Waals surface area contributed by atoms with Gasteiger partial charge >= 0.3 is 5.97 Å². The molecule has 4 aliphatic rings. The van der Waals surface area contributed by atoms with Crippen LogP contribution in [0.15, 0.2) is 0 Å². The fourth-order valence-corrected chi connectivity index (χ4v) is 8.35. The number of hydrogen-bond acceptors (Lipinski definition) is 3. The molecular formula is C25H40O3. The molecule has 4 rings (SSSR count). The SMILES string of the molecule is CCOC(=O)CCC[C@H]1CCC2C3CC[C@@H]4CC(=O)CCC4(C)C3CCC21C. The summed E-state index contributed by atoms with van der Waals surface area (Å²) in [5, 5.41) is 0. The van der Waals surface area contributed by atoms with E-state index in [0.29, 0.717) is 35.6 Å². The molecule has 3 heteroatoms. The lowest BCUT2D eigenvalue weighted by atomic mass is 9.44. The minimum atomic E-state index is -0.0241. The molecule has 4 aliphatic carbocycles. The molecule has 0 spiro atoms. The highest BCUT2D eigenvalue weighted by molar-refractivity contribution is 5.79. The zero-order chi connectivity index (χ0) is 19.9. The largest absolute Gasteiger partial charge is 0.466 e. The first-order chi connectivity index (χ1) is 13.4. The molecule has 0 bridgehead atoms. The Balaban J connectivity index is 1.42. The summed E-state index contributed by atoms with van der Waals surface area (Å²) >= 11 is 0. The van der Waals surface area contributed by atoms with Gasteiger partial charge in [-0.15, -0.1) is 0 Å². The van der Waals surface area contributed by atoms with Gasteiger partial charge in [0.15, 0.2) is 0 Å². The number of esters is 1. The van der Waals surface area contributed by atoms with Crippen molar-refractivity contribution in [3.8, 4) is 0 Å². The quantitative estimate of drug-likeness (QED) is 0.547. The van der Waals surface area contributed by atoms with Crippen molar-refractivity contribution in [3.63, 3.8) is 0 Å². The summed E-state index contributed by atoms with van der Waals surface area (Å²) in [6.45, 7) is 7.50. The minimum Gasteiger partial charge on any atom is -0.466 e. The summed E-state index contributed by atoms with van der Waals surface area (Å²) in [7, 11) is 0. The molecule has 7 atom stereocenters. The fourth-order valence-electron chi connectivity index (χ4n) is 8.35. The van der Waals surface area contributed by atoms with Gasteiger partial charge in [-0.2, -0.15) is 0 Å². The topological polar surface area (TPSA) is 43.4 Å². The second-order valence-electron chi connectivity index (χ2n) is 10.9. The number of carbonyl (C=O) groups is 2. The van der Waals surface area contributed by atoms with Crippen LogP contribution in [0.5, 0.6) is 0 Å². The van der Waals surface area contributed by atoms with E-state index in [4.69, 9.17) is 4.74 Å². The van der Waals surface area contributed by atoms with E-state index in [-0.39, 0.29) is 5.97 Å². The van der Waals surface area contributed by atoms with Crippen molar-refractivity contribution in [2.75, 3.05) is 6.61 Å². The normalized spacial score (nSPS) is 45.1. The molecule has 0 amide bonds. The van der Waals surface area contributed by atoms with E-state index in [2.05, 4.69) is 13.8 Å². The maximum Gasteiger partial charge on any atom is 0.305 e. The fraction of sp³-hybridized carbons (Fsp3) is 0.920. The number of ketones is 1. The predicted molar refractivity (Wildman–Crippen MR) is 111 cm³/mol. The van der Waals surface area contributed by atoms with Crippen LogP contribution in [0.1, 0.15) is 97.8 Å². The zero-order valence-corrected chi connectivity index (χ0v) is 18.3. The lowest BCUT2D eigenvalue weighted by molar-refractivity contribution is -0.143. The summed E-state index contributed by atoms with van der Waals surface area (Å²) in [5.41, 5.74) is 0.893. The van der Waals surface area contributed by atoms with Gasteiger partial charge in [-0.3, -0.25) is 9.59 Å². The van der Waals surface area contributed by atoms with E-state index in [1.807, 2.05) is 6.92 Å². The Bertz CT molecular complexity index is 613. The van der Waals surface area contributed by atoms with Crippen molar-refractivity contribution >= 4 is 11.8 Å². The maximum absolute atomic E-state index is 12.1. The summed E-state index contributed by atoms with van der Waals surface area (Å²) in [6, 6.07) is 0. The molecule has 0 radical (unpaired) electrons. The molecule has 0 N–H and O–H groups in total. The number of rotatable bonds is 5. The third-order valence-electron chi connectivity index (χ3n) is 9.92. The Morgan fingerprint density at radius 3 is 2.61 bits per heavy atom. The van der Waals surface area contributed by atoms with Crippen LogP contribution in [-0.4, -0.2) is 18.4 Å². The molecule has 158 valence electrons. The van der Waals surface area contributed by atoms with Gasteiger partial charge in [0.25, 0.3) is 0 Å². The monoisotopic (exact) mass is 388 g/mol. The molecule has 0 aromatic carbocycles. The molecular weight excluding hydrogens is 348 g/mol. The van der Waals surface area contributed by atoms with Crippen molar-refractivity contribution in [1.82, 2.24) is 0 Å². The first-order valence-corrected chi connectivity index (χ1v) is 12.1. The second-order valence-corrected chi connectivity index (χ2v) is 10.9. The molecule has 0 aromatic rings. The van der Waals surface area contributed by atoms with Crippen molar-refractivity contribution in [2.45, 2.75) is 97.8 Å². The summed E-state index contributed by atoms with van der Waals surface area (Å²) < 4.78 is 5.12. The van der Waals surface area contributed by atoms with Crippen molar-refractivity contribution in [2.24, 2.45) is 40.4 Å². The van der Waals surface area contributed by atoms with E-state index in [0.717, 1.165) is 49.4 Å². The van der Waals surface area contributed by atoms with Crippen LogP contribution in [0.4, 0.5) is 0 Å². The Hall–Kier alpha value is -0.860. The lowest BCUT2D eigenvalue weighted by Gasteiger charge is -2.60. The second kappa shape index (κ2) is 7.76. The Labute approximate surface area is 171 Å². The van der Waals surface area contributed by atoms with Crippen LogP contribution in [0.2, 0.25) is 0 Å². The number of carbonyl (C=O) groups excluding carboxylic acids is 2. The van der Waals surface area contributed by atoms with Gasteiger partial charge in [-0.1, -0.05) is 13.8 Å². The third kappa shape index (κ3) is 3.35. The van der Waals surface area contributed by atoms with E-state index >= 15 is 0 Å². The standard InChI is InChI=1S/C25H40O3/c1-4-28-23(27)7-5-6-17-9-11-21-20-10-8-18-16-19(26)12-14-25(18,3)22(20)13-15-24(17,21)2/h17-18,20-22H,4-16H2,1-3H3/t17-,18+,20?,21?,22?,24?,25?/m0/s1. The summed E-state index contributed by atoms with van der Waals surface area (Å²) in [6.07, 6.45) is 13.7. The van der Waals surface area contributed by atoms with Gasteiger partial charge in [0.2, 0.25) is 0 Å². The van der Waals surface area contributed by atoms with Crippen LogP contribution >= 0.6 is 0 Å². The molecule has 4 fully saturated rings. The van der Waals surface area contributed by atoms with Gasteiger partial charge in [0, 0.05) is 19.3 Å². The highest BCUT2D eigenvalue weighted by Gasteiger charge is 2.59. The highest BCUT2D eigenvalue weighted by atomic mass is 16.5. The number of hydrogen-bond donors (Lipinski definition) is 0. The molecule has 28 heavy (non-hydrogen) atoms. The van der Waals surface area contributed by atoms with E-state index in [1.54, 1.807) is 0 Å². The summed E-state index contributed by atoms with van der Waals surface area (Å²) in [5.74, 6) is 4.52. The van der Waals surface area contributed by atoms with Crippen LogP contribution in [0.25, 0.3) is 0 Å². The third-order valence-corrected chi connectivity index (χ3v) is 9.92. The lowest BCUT2D eigenvalue weighted by Crippen LogP contribution is -2.53. The number of ether oxygens (including phenoxy) is 1. The molecule has 0 aliphatic heterocycles. The van der Waals surface area contributed by atoms with Crippen molar-refractivity contribution in [3.05, 3.63) is 0 Å². The molecule has 0 aromatic heterocycles. The first-order valence-electron chi connectivity index (χ1n) is 12.1.